The number of fused-ring (bicyclic) bond motifs is 1. The van der Waals surface area contributed by atoms with Crippen LogP contribution in [0.25, 0.3) is 11.0 Å². The molecule has 108 valence electrons. The maximum atomic E-state index is 11.9. The number of hydrogen-bond acceptors (Lipinski definition) is 4. The molecule has 0 aliphatic carbocycles. The van der Waals surface area contributed by atoms with Gasteiger partial charge >= 0.3 is 0 Å². The van der Waals surface area contributed by atoms with Crippen LogP contribution in [-0.2, 0) is 4.79 Å². The molecule has 2 heterocycles. The second-order valence-corrected chi connectivity index (χ2v) is 6.76. The number of nitrogens with zero attached hydrogens (tertiary/aromatic N) is 1. The average Bonchev–Trinajstić information content (AvgIpc) is 3.13. The van der Waals surface area contributed by atoms with Crippen molar-refractivity contribution in [3.63, 3.8) is 0 Å². The Morgan fingerprint density at radius 1 is 1.43 bits per heavy atom. The van der Waals surface area contributed by atoms with E-state index in [-0.39, 0.29) is 11.2 Å². The number of hydrogen-bond donors (Lipinski definition) is 2. The van der Waals surface area contributed by atoms with E-state index < -0.39 is 0 Å². The fraction of sp³-hybridized carbons (Fsp3) is 0.200. The van der Waals surface area contributed by atoms with E-state index in [0.29, 0.717) is 5.75 Å². The van der Waals surface area contributed by atoms with Crippen LogP contribution in [0.3, 0.4) is 0 Å². The van der Waals surface area contributed by atoms with Crippen molar-refractivity contribution in [2.24, 2.45) is 0 Å². The highest BCUT2D eigenvalue weighted by Crippen LogP contribution is 2.27. The number of imidazole rings is 1. The number of carbonyl (C=O) groups excluding carboxylic acids is 1. The molecule has 0 bridgehead atoms. The molecule has 0 aliphatic rings. The Kier molecular flexibility index (Phi) is 4.26. The summed E-state index contributed by atoms with van der Waals surface area (Å²) in [7, 11) is 0. The van der Waals surface area contributed by atoms with Crippen molar-refractivity contribution in [3.05, 3.63) is 46.9 Å². The van der Waals surface area contributed by atoms with E-state index >= 15 is 0 Å². The van der Waals surface area contributed by atoms with Gasteiger partial charge in [-0.15, -0.1) is 11.8 Å². The third kappa shape index (κ3) is 3.46. The van der Waals surface area contributed by atoms with Gasteiger partial charge in [0.05, 0.1) is 27.7 Å². The van der Waals surface area contributed by atoms with E-state index in [0.717, 1.165) is 22.5 Å². The third-order valence-corrected chi connectivity index (χ3v) is 4.90. The van der Waals surface area contributed by atoms with Gasteiger partial charge in [0.2, 0.25) is 5.91 Å². The van der Waals surface area contributed by atoms with Crippen LogP contribution < -0.4 is 5.32 Å². The van der Waals surface area contributed by atoms with Gasteiger partial charge in [0.25, 0.3) is 0 Å². The van der Waals surface area contributed by atoms with Crippen LogP contribution in [0.2, 0.25) is 0 Å². The molecule has 3 rings (SSSR count). The van der Waals surface area contributed by atoms with Gasteiger partial charge in [0.1, 0.15) is 5.82 Å². The molecule has 3 aromatic rings. The number of carbonyl (C=O) groups is 1. The number of aromatic amines is 1. The lowest BCUT2D eigenvalue weighted by Gasteiger charge is -2.08. The van der Waals surface area contributed by atoms with Gasteiger partial charge in [0, 0.05) is 5.38 Å². The molecule has 1 amide bonds. The van der Waals surface area contributed by atoms with Crippen LogP contribution in [0.15, 0.2) is 41.1 Å². The number of thioether (sulfide) groups is 1. The van der Waals surface area contributed by atoms with Crippen molar-refractivity contribution < 1.29 is 4.79 Å². The smallest absolute Gasteiger partial charge is 0.234 e. The van der Waals surface area contributed by atoms with Crippen LogP contribution in [0.4, 0.5) is 5.69 Å². The predicted octanol–water partition coefficient (Wildman–Crippen LogP) is 4.06. The van der Waals surface area contributed by atoms with Crippen molar-refractivity contribution >= 4 is 45.7 Å². The molecule has 2 N–H and O–H groups in total. The normalized spacial score (nSPS) is 12.4. The predicted molar refractivity (Wildman–Crippen MR) is 89.9 cm³/mol. The molecule has 0 radical (unpaired) electrons. The van der Waals surface area contributed by atoms with Gasteiger partial charge in [0.15, 0.2) is 0 Å². The maximum Gasteiger partial charge on any atom is 0.234 e. The zero-order valence-electron chi connectivity index (χ0n) is 11.5. The molecule has 0 fully saturated rings. The van der Waals surface area contributed by atoms with E-state index in [9.17, 15) is 4.79 Å². The first kappa shape index (κ1) is 14.2. The zero-order chi connectivity index (χ0) is 14.7. The Morgan fingerprint density at radius 2 is 2.29 bits per heavy atom. The number of amides is 1. The van der Waals surface area contributed by atoms with E-state index in [1.54, 1.807) is 23.1 Å². The number of para-hydroxylation sites is 2. The van der Waals surface area contributed by atoms with Gasteiger partial charge in [-0.3, -0.25) is 4.79 Å². The summed E-state index contributed by atoms with van der Waals surface area (Å²) >= 11 is 3.14. The fourth-order valence-corrected chi connectivity index (χ4v) is 3.31. The molecule has 2 aromatic heterocycles. The number of rotatable bonds is 5. The summed E-state index contributed by atoms with van der Waals surface area (Å²) in [5.41, 5.74) is 2.85. The van der Waals surface area contributed by atoms with E-state index in [2.05, 4.69) is 22.2 Å². The minimum atomic E-state index is 0.0151. The molecular weight excluding hydrogens is 302 g/mol. The van der Waals surface area contributed by atoms with Crippen LogP contribution in [0.5, 0.6) is 0 Å². The summed E-state index contributed by atoms with van der Waals surface area (Å²) in [4.78, 5) is 19.7. The van der Waals surface area contributed by atoms with E-state index in [4.69, 9.17) is 0 Å². The quantitative estimate of drug-likeness (QED) is 0.746. The summed E-state index contributed by atoms with van der Waals surface area (Å²) in [6.07, 6.45) is 0. The SMILES string of the molecule is CC(SCC(=O)Nc1ccsc1)c1nc2ccccc2[nH]1. The molecule has 1 atom stereocenters. The van der Waals surface area contributed by atoms with Crippen molar-refractivity contribution in [2.75, 3.05) is 11.1 Å². The Bertz CT molecular complexity index is 703. The Morgan fingerprint density at radius 3 is 3.05 bits per heavy atom. The molecule has 0 saturated heterocycles. The van der Waals surface area contributed by atoms with Gasteiger partial charge in [-0.1, -0.05) is 12.1 Å². The first-order chi connectivity index (χ1) is 10.2. The van der Waals surface area contributed by atoms with Gasteiger partial charge < -0.3 is 10.3 Å². The van der Waals surface area contributed by atoms with Crippen LogP contribution in [0, 0.1) is 0 Å². The minimum absolute atomic E-state index is 0.0151. The van der Waals surface area contributed by atoms with Crippen LogP contribution >= 0.6 is 23.1 Å². The summed E-state index contributed by atoms with van der Waals surface area (Å²) in [6.45, 7) is 2.06. The van der Waals surface area contributed by atoms with Gasteiger partial charge in [-0.2, -0.15) is 11.3 Å². The largest absolute Gasteiger partial charge is 0.341 e. The highest BCUT2D eigenvalue weighted by atomic mass is 32.2. The molecule has 6 heteroatoms. The van der Waals surface area contributed by atoms with E-state index in [1.165, 1.54) is 0 Å². The van der Waals surface area contributed by atoms with Crippen molar-refractivity contribution in [1.82, 2.24) is 9.97 Å². The number of anilines is 1. The first-order valence-electron chi connectivity index (χ1n) is 6.60. The fourth-order valence-electron chi connectivity index (χ4n) is 1.98. The lowest BCUT2D eigenvalue weighted by Crippen LogP contribution is -2.14. The highest BCUT2D eigenvalue weighted by Gasteiger charge is 2.13. The molecule has 0 saturated carbocycles. The molecule has 4 nitrogen and oxygen atoms in total. The molecule has 1 unspecified atom stereocenters. The molecular formula is C15H15N3OS2. The molecule has 0 aliphatic heterocycles. The number of nitrogens with one attached hydrogen (secondary N) is 2. The summed E-state index contributed by atoms with van der Waals surface area (Å²) in [6, 6.07) is 9.84. The third-order valence-electron chi connectivity index (χ3n) is 3.06. The summed E-state index contributed by atoms with van der Waals surface area (Å²) in [5, 5.41) is 6.89. The van der Waals surface area contributed by atoms with Crippen molar-refractivity contribution in [1.29, 1.82) is 0 Å². The lowest BCUT2D eigenvalue weighted by molar-refractivity contribution is -0.113. The zero-order valence-corrected chi connectivity index (χ0v) is 13.1. The monoisotopic (exact) mass is 317 g/mol. The Hall–Kier alpha value is -1.79. The van der Waals surface area contributed by atoms with Gasteiger partial charge in [-0.25, -0.2) is 4.98 Å². The average molecular weight is 317 g/mol. The Balaban J connectivity index is 1.58. The van der Waals surface area contributed by atoms with Crippen LogP contribution in [-0.4, -0.2) is 21.6 Å². The van der Waals surface area contributed by atoms with Crippen LogP contribution in [0.1, 0.15) is 18.0 Å². The number of benzene rings is 1. The van der Waals surface area contributed by atoms with Crippen molar-refractivity contribution in [2.45, 2.75) is 12.2 Å². The first-order valence-corrected chi connectivity index (χ1v) is 8.60. The number of thiophene rings is 1. The lowest BCUT2D eigenvalue weighted by atomic mass is 10.3. The summed E-state index contributed by atoms with van der Waals surface area (Å²) in [5.74, 6) is 1.33. The minimum Gasteiger partial charge on any atom is -0.341 e. The number of aromatic nitrogens is 2. The van der Waals surface area contributed by atoms with Crippen molar-refractivity contribution in [3.8, 4) is 0 Å². The van der Waals surface area contributed by atoms with Gasteiger partial charge in [-0.05, 0) is 30.5 Å². The summed E-state index contributed by atoms with van der Waals surface area (Å²) < 4.78 is 0. The maximum absolute atomic E-state index is 11.9. The number of H-pyrrole nitrogens is 1. The molecule has 1 aromatic carbocycles. The Labute approximate surface area is 131 Å². The second kappa shape index (κ2) is 6.32. The second-order valence-electron chi connectivity index (χ2n) is 4.65. The standard InChI is InChI=1S/C15H15N3OS2/c1-10(15-17-12-4-2-3-5-13(12)18-15)21-9-14(19)16-11-6-7-20-8-11/h2-8,10H,9H2,1H3,(H,16,19)(H,17,18). The van der Waals surface area contributed by atoms with E-state index in [1.807, 2.05) is 41.1 Å². The topological polar surface area (TPSA) is 57.8 Å². The molecule has 0 spiro atoms. The molecule has 21 heavy (non-hydrogen) atoms. The highest BCUT2D eigenvalue weighted by molar-refractivity contribution is 8.00.